The highest BCUT2D eigenvalue weighted by molar-refractivity contribution is 5.10. The lowest BCUT2D eigenvalue weighted by molar-refractivity contribution is -0.801. The van der Waals surface area contributed by atoms with Crippen molar-refractivity contribution < 1.29 is 4.90 Å². The SMILES string of the molecule is CCCCC1=CC=C[NH+]1CC.[C-]#N. The Labute approximate surface area is 81.2 Å². The van der Waals surface area contributed by atoms with E-state index in [-0.39, 0.29) is 0 Å². The molecule has 0 aliphatic carbocycles. The van der Waals surface area contributed by atoms with Gasteiger partial charge in [-0.05, 0) is 19.4 Å². The molecule has 1 aliphatic heterocycles. The Hall–Kier alpha value is -1.07. The Morgan fingerprint density at radius 2 is 2.08 bits per heavy atom. The number of hydrogen-bond acceptors (Lipinski definition) is 1. The molecule has 0 radical (unpaired) electrons. The molecule has 13 heavy (non-hydrogen) atoms. The maximum Gasteiger partial charge on any atom is 0.112 e. The predicted octanol–water partition coefficient (Wildman–Crippen LogP) is 1.59. The van der Waals surface area contributed by atoms with E-state index in [0.29, 0.717) is 0 Å². The summed E-state index contributed by atoms with van der Waals surface area (Å²) in [5, 5.41) is 6.25. The molecule has 0 spiro atoms. The molecule has 0 amide bonds. The van der Waals surface area contributed by atoms with Crippen LogP contribution in [0.5, 0.6) is 0 Å². The topological polar surface area (TPSA) is 28.2 Å². The molecule has 0 aromatic carbocycles. The number of quaternary nitrogens is 1. The summed E-state index contributed by atoms with van der Waals surface area (Å²) >= 11 is 0. The summed E-state index contributed by atoms with van der Waals surface area (Å²) in [7, 11) is 0. The highest BCUT2D eigenvalue weighted by Crippen LogP contribution is 2.03. The van der Waals surface area contributed by atoms with E-state index >= 15 is 0 Å². The average molecular weight is 178 g/mol. The summed E-state index contributed by atoms with van der Waals surface area (Å²) in [5.41, 5.74) is 1.56. The van der Waals surface area contributed by atoms with Crippen molar-refractivity contribution in [2.75, 3.05) is 6.54 Å². The summed E-state index contributed by atoms with van der Waals surface area (Å²) < 4.78 is 0. The van der Waals surface area contributed by atoms with Crippen LogP contribution in [0.25, 0.3) is 0 Å². The largest absolute Gasteiger partial charge is 0.512 e. The first-order chi connectivity index (χ1) is 6.38. The van der Waals surface area contributed by atoms with E-state index in [1.807, 2.05) is 0 Å². The van der Waals surface area contributed by atoms with Crippen LogP contribution in [0.1, 0.15) is 33.1 Å². The molecule has 0 saturated heterocycles. The summed E-state index contributed by atoms with van der Waals surface area (Å²) in [6.45, 7) is 10.4. The van der Waals surface area contributed by atoms with Gasteiger partial charge in [-0.2, -0.15) is 0 Å². The number of rotatable bonds is 4. The summed E-state index contributed by atoms with van der Waals surface area (Å²) in [4.78, 5) is 1.54. The molecule has 1 rings (SSSR count). The highest BCUT2D eigenvalue weighted by Gasteiger charge is 2.12. The Bertz CT molecular complexity index is 201. The molecule has 1 aliphatic rings. The average Bonchev–Trinajstić information content (AvgIpc) is 2.65. The highest BCUT2D eigenvalue weighted by atomic mass is 15.1. The molecular weight excluding hydrogens is 160 g/mol. The number of unbranched alkanes of at least 4 members (excludes halogenated alkanes) is 1. The third-order valence-corrected chi connectivity index (χ3v) is 2.19. The zero-order valence-corrected chi connectivity index (χ0v) is 8.51. The van der Waals surface area contributed by atoms with Crippen LogP contribution in [0.15, 0.2) is 24.0 Å². The van der Waals surface area contributed by atoms with Crippen LogP contribution in [-0.2, 0) is 0 Å². The van der Waals surface area contributed by atoms with Gasteiger partial charge in [0.05, 0.1) is 12.7 Å². The van der Waals surface area contributed by atoms with Gasteiger partial charge in [-0.25, -0.2) is 0 Å². The molecule has 1 heterocycles. The van der Waals surface area contributed by atoms with Crippen molar-refractivity contribution in [1.82, 2.24) is 0 Å². The molecule has 0 aromatic heterocycles. The normalized spacial score (nSPS) is 19.1. The van der Waals surface area contributed by atoms with E-state index in [0.717, 1.165) is 0 Å². The smallest absolute Gasteiger partial charge is 0.112 e. The molecule has 2 heteroatoms. The molecule has 0 fully saturated rings. The molecule has 1 unspecified atom stereocenters. The van der Waals surface area contributed by atoms with Gasteiger partial charge in [-0.15, -0.1) is 0 Å². The van der Waals surface area contributed by atoms with E-state index in [1.165, 1.54) is 25.8 Å². The van der Waals surface area contributed by atoms with Crippen molar-refractivity contribution in [2.24, 2.45) is 0 Å². The van der Waals surface area contributed by atoms with E-state index in [9.17, 15) is 0 Å². The van der Waals surface area contributed by atoms with Crippen LogP contribution in [-0.4, -0.2) is 6.54 Å². The molecule has 0 aromatic rings. The Morgan fingerprint density at radius 1 is 1.38 bits per heavy atom. The Morgan fingerprint density at radius 3 is 2.62 bits per heavy atom. The van der Waals surface area contributed by atoms with E-state index in [4.69, 9.17) is 11.8 Å². The summed E-state index contributed by atoms with van der Waals surface area (Å²) in [6, 6.07) is 0. The van der Waals surface area contributed by atoms with Gasteiger partial charge >= 0.3 is 0 Å². The van der Waals surface area contributed by atoms with Crippen LogP contribution < -0.4 is 4.90 Å². The zero-order chi connectivity index (χ0) is 10.1. The first kappa shape index (κ1) is 11.9. The quantitative estimate of drug-likeness (QED) is 0.651. The molecule has 1 atom stereocenters. The minimum atomic E-state index is 1.19. The third kappa shape index (κ3) is 3.91. The minimum absolute atomic E-state index is 1.19. The van der Waals surface area contributed by atoms with Crippen molar-refractivity contribution in [2.45, 2.75) is 33.1 Å². The Balaban J connectivity index is 0.000000671. The van der Waals surface area contributed by atoms with E-state index in [2.05, 4.69) is 32.2 Å². The van der Waals surface area contributed by atoms with E-state index < -0.39 is 0 Å². The van der Waals surface area contributed by atoms with Crippen LogP contribution in [0.2, 0.25) is 0 Å². The van der Waals surface area contributed by atoms with Crippen LogP contribution in [0.3, 0.4) is 0 Å². The molecule has 2 nitrogen and oxygen atoms in total. The van der Waals surface area contributed by atoms with Crippen molar-refractivity contribution in [1.29, 1.82) is 5.26 Å². The van der Waals surface area contributed by atoms with Crippen molar-refractivity contribution >= 4 is 0 Å². The first-order valence-electron chi connectivity index (χ1n) is 4.84. The number of nitrogens with one attached hydrogen (secondary N) is 1. The van der Waals surface area contributed by atoms with Crippen LogP contribution >= 0.6 is 0 Å². The lowest BCUT2D eigenvalue weighted by Gasteiger charge is -2.10. The van der Waals surface area contributed by atoms with Gasteiger partial charge in [0.2, 0.25) is 0 Å². The standard InChI is InChI=1S/C10H17N.CN/c1-3-5-7-10-8-6-9-11(10)4-2;1-2/h6,8-9H,3-5,7H2,1-2H3;/q;-1/p+1. The van der Waals surface area contributed by atoms with Crippen LogP contribution in [0.4, 0.5) is 0 Å². The number of nitrogens with zero attached hydrogens (tertiary/aromatic N) is 1. The molecule has 72 valence electrons. The van der Waals surface area contributed by atoms with E-state index in [1.54, 1.807) is 10.6 Å². The fourth-order valence-electron chi connectivity index (χ4n) is 1.45. The fraction of sp³-hybridized carbons (Fsp3) is 0.545. The monoisotopic (exact) mass is 178 g/mol. The maximum absolute atomic E-state index is 6.25. The van der Waals surface area contributed by atoms with Gasteiger partial charge in [0.15, 0.2) is 0 Å². The molecule has 0 saturated carbocycles. The molecule has 0 bridgehead atoms. The fourth-order valence-corrected chi connectivity index (χ4v) is 1.45. The second kappa shape index (κ2) is 7.57. The number of allylic oxidation sites excluding steroid dienone is 3. The van der Waals surface area contributed by atoms with Gasteiger partial charge in [0.25, 0.3) is 0 Å². The maximum atomic E-state index is 6.25. The van der Waals surface area contributed by atoms with Gasteiger partial charge in [-0.1, -0.05) is 13.3 Å². The zero-order valence-electron chi connectivity index (χ0n) is 8.51. The van der Waals surface area contributed by atoms with Crippen molar-refractivity contribution in [3.8, 4) is 0 Å². The van der Waals surface area contributed by atoms with Gasteiger partial charge < -0.3 is 11.8 Å². The number of hydrogen-bond donors (Lipinski definition) is 1. The predicted molar refractivity (Wildman–Crippen MR) is 53.2 cm³/mol. The second-order valence-electron chi connectivity index (χ2n) is 3.03. The second-order valence-corrected chi connectivity index (χ2v) is 3.03. The lowest BCUT2D eigenvalue weighted by Crippen LogP contribution is -3.04. The van der Waals surface area contributed by atoms with Crippen LogP contribution in [0, 0.1) is 11.8 Å². The van der Waals surface area contributed by atoms with Gasteiger partial charge in [0, 0.05) is 12.5 Å². The molecular formula is C11H18N2. The molecule has 1 N–H and O–H groups in total. The summed E-state index contributed by atoms with van der Waals surface area (Å²) in [5.74, 6) is 0. The first-order valence-corrected chi connectivity index (χ1v) is 4.84. The van der Waals surface area contributed by atoms with Gasteiger partial charge in [0.1, 0.15) is 5.70 Å². The summed E-state index contributed by atoms with van der Waals surface area (Å²) in [6.07, 6.45) is 10.6. The lowest BCUT2D eigenvalue weighted by atomic mass is 10.2. The third-order valence-electron chi connectivity index (χ3n) is 2.19. The minimum Gasteiger partial charge on any atom is -0.512 e. The van der Waals surface area contributed by atoms with Gasteiger partial charge in [-0.3, -0.25) is 4.90 Å². The van der Waals surface area contributed by atoms with Crippen molar-refractivity contribution in [3.63, 3.8) is 0 Å². The Kier molecular flexibility index (Phi) is 6.95. The van der Waals surface area contributed by atoms with Crippen molar-refractivity contribution in [3.05, 3.63) is 30.6 Å².